The van der Waals surface area contributed by atoms with Crippen LogP contribution in [0.4, 0.5) is 0 Å². The summed E-state index contributed by atoms with van der Waals surface area (Å²) < 4.78 is 1.79. The van der Waals surface area contributed by atoms with Crippen molar-refractivity contribution < 1.29 is 9.90 Å². The van der Waals surface area contributed by atoms with Gasteiger partial charge in [0.1, 0.15) is 0 Å². The number of carbonyl (C=O) groups excluding carboxylic acids is 1. The van der Waals surface area contributed by atoms with E-state index in [4.69, 9.17) is 5.11 Å². The molecule has 5 nitrogen and oxygen atoms in total. The van der Waals surface area contributed by atoms with Gasteiger partial charge in [0.25, 0.3) is 5.91 Å². The third kappa shape index (κ3) is 3.36. The zero-order valence-electron chi connectivity index (χ0n) is 13.6. The van der Waals surface area contributed by atoms with E-state index in [-0.39, 0.29) is 12.5 Å². The van der Waals surface area contributed by atoms with Crippen molar-refractivity contribution in [3.05, 3.63) is 46.8 Å². The number of aliphatic hydroxyl groups is 1. The summed E-state index contributed by atoms with van der Waals surface area (Å²) in [4.78, 5) is 14.0. The second kappa shape index (κ2) is 6.75. The van der Waals surface area contributed by atoms with Gasteiger partial charge in [-0.05, 0) is 57.0 Å². The van der Waals surface area contributed by atoms with Crippen molar-refractivity contribution in [3.8, 4) is 5.69 Å². The molecule has 0 aliphatic heterocycles. The van der Waals surface area contributed by atoms with E-state index in [0.717, 1.165) is 22.5 Å². The highest BCUT2D eigenvalue weighted by molar-refractivity contribution is 5.92. The van der Waals surface area contributed by atoms with Crippen LogP contribution in [0.2, 0.25) is 0 Å². The Hall–Kier alpha value is -2.14. The van der Waals surface area contributed by atoms with E-state index in [2.05, 4.69) is 11.2 Å². The Kier molecular flexibility index (Phi) is 4.98. The van der Waals surface area contributed by atoms with E-state index in [1.165, 1.54) is 0 Å². The SMILES string of the molecule is CCN(CCO)C(=O)c1cc(C)n(-c2cc(C)cc(C)c2)n1. The van der Waals surface area contributed by atoms with Crippen LogP contribution in [-0.4, -0.2) is 45.4 Å². The smallest absolute Gasteiger partial charge is 0.274 e. The summed E-state index contributed by atoms with van der Waals surface area (Å²) in [6.07, 6.45) is 0. The first-order valence-electron chi connectivity index (χ1n) is 7.51. The molecular formula is C17H23N3O2. The first-order valence-corrected chi connectivity index (χ1v) is 7.51. The van der Waals surface area contributed by atoms with E-state index in [1.54, 1.807) is 15.6 Å². The van der Waals surface area contributed by atoms with E-state index in [0.29, 0.717) is 18.8 Å². The number of amides is 1. The predicted octanol–water partition coefficient (Wildman–Crippen LogP) is 2.25. The number of likely N-dealkylation sites (N-methyl/N-ethyl adjacent to an activating group) is 1. The second-order valence-corrected chi connectivity index (χ2v) is 5.54. The van der Waals surface area contributed by atoms with Crippen molar-refractivity contribution in [2.24, 2.45) is 0 Å². The molecule has 0 spiro atoms. The maximum absolute atomic E-state index is 12.4. The fourth-order valence-corrected chi connectivity index (χ4v) is 2.60. The molecule has 0 aliphatic rings. The highest BCUT2D eigenvalue weighted by atomic mass is 16.3. The van der Waals surface area contributed by atoms with Gasteiger partial charge in [0.2, 0.25) is 0 Å². The van der Waals surface area contributed by atoms with Crippen LogP contribution in [0.3, 0.4) is 0 Å². The van der Waals surface area contributed by atoms with Crippen LogP contribution in [0.25, 0.3) is 5.69 Å². The number of benzene rings is 1. The minimum Gasteiger partial charge on any atom is -0.395 e. The molecule has 0 saturated carbocycles. The Morgan fingerprint density at radius 2 is 1.82 bits per heavy atom. The summed E-state index contributed by atoms with van der Waals surface area (Å²) >= 11 is 0. The summed E-state index contributed by atoms with van der Waals surface area (Å²) in [6, 6.07) is 7.99. The maximum atomic E-state index is 12.4. The molecule has 22 heavy (non-hydrogen) atoms. The summed E-state index contributed by atoms with van der Waals surface area (Å²) in [5.41, 5.74) is 4.60. The van der Waals surface area contributed by atoms with Crippen molar-refractivity contribution in [3.63, 3.8) is 0 Å². The Bertz CT molecular complexity index is 656. The molecule has 1 aromatic heterocycles. The van der Waals surface area contributed by atoms with Crippen molar-refractivity contribution in [2.45, 2.75) is 27.7 Å². The van der Waals surface area contributed by atoms with E-state index < -0.39 is 0 Å². The van der Waals surface area contributed by atoms with Gasteiger partial charge in [0.05, 0.1) is 12.3 Å². The molecule has 2 rings (SSSR count). The molecule has 0 unspecified atom stereocenters. The normalized spacial score (nSPS) is 10.8. The van der Waals surface area contributed by atoms with Gasteiger partial charge in [-0.25, -0.2) is 4.68 Å². The molecule has 0 radical (unpaired) electrons. The third-order valence-electron chi connectivity index (χ3n) is 3.60. The van der Waals surface area contributed by atoms with Crippen LogP contribution in [0.1, 0.15) is 34.2 Å². The van der Waals surface area contributed by atoms with E-state index in [9.17, 15) is 4.79 Å². The lowest BCUT2D eigenvalue weighted by Gasteiger charge is -2.18. The Labute approximate surface area is 131 Å². The minimum absolute atomic E-state index is 0.0453. The van der Waals surface area contributed by atoms with Crippen LogP contribution >= 0.6 is 0 Å². The Morgan fingerprint density at radius 3 is 2.36 bits per heavy atom. The maximum Gasteiger partial charge on any atom is 0.274 e. The zero-order chi connectivity index (χ0) is 16.3. The van der Waals surface area contributed by atoms with Gasteiger partial charge in [-0.3, -0.25) is 4.79 Å². The number of nitrogens with zero attached hydrogens (tertiary/aromatic N) is 3. The van der Waals surface area contributed by atoms with Crippen LogP contribution in [-0.2, 0) is 0 Å². The summed E-state index contributed by atoms with van der Waals surface area (Å²) in [7, 11) is 0. The molecule has 1 amide bonds. The quantitative estimate of drug-likeness (QED) is 0.921. The lowest BCUT2D eigenvalue weighted by Crippen LogP contribution is -2.33. The zero-order valence-corrected chi connectivity index (χ0v) is 13.6. The molecule has 0 saturated heterocycles. The van der Waals surface area contributed by atoms with Crippen LogP contribution in [0.5, 0.6) is 0 Å². The first kappa shape index (κ1) is 16.2. The van der Waals surface area contributed by atoms with Gasteiger partial charge < -0.3 is 10.0 Å². The van der Waals surface area contributed by atoms with Crippen molar-refractivity contribution in [2.75, 3.05) is 19.7 Å². The molecule has 2 aromatic rings. The highest BCUT2D eigenvalue weighted by Gasteiger charge is 2.18. The largest absolute Gasteiger partial charge is 0.395 e. The standard InChI is InChI=1S/C17H23N3O2/c1-5-19(6-7-21)17(22)16-11-14(4)20(18-16)15-9-12(2)8-13(3)10-15/h8-11,21H,5-7H2,1-4H3. The lowest BCUT2D eigenvalue weighted by molar-refractivity contribution is 0.0725. The minimum atomic E-state index is -0.150. The molecule has 5 heteroatoms. The topological polar surface area (TPSA) is 58.4 Å². The second-order valence-electron chi connectivity index (χ2n) is 5.54. The number of hydrogen-bond acceptors (Lipinski definition) is 3. The summed E-state index contributed by atoms with van der Waals surface area (Å²) in [5.74, 6) is -0.150. The van der Waals surface area contributed by atoms with Crippen molar-refractivity contribution in [1.82, 2.24) is 14.7 Å². The van der Waals surface area contributed by atoms with Gasteiger partial charge in [0.15, 0.2) is 5.69 Å². The summed E-state index contributed by atoms with van der Waals surface area (Å²) in [6.45, 7) is 8.74. The molecular weight excluding hydrogens is 278 g/mol. The fraction of sp³-hybridized carbons (Fsp3) is 0.412. The van der Waals surface area contributed by atoms with Gasteiger partial charge in [-0.2, -0.15) is 5.10 Å². The molecule has 1 N–H and O–H groups in total. The number of rotatable bonds is 5. The number of aryl methyl sites for hydroxylation is 3. The predicted molar refractivity (Wildman–Crippen MR) is 86.4 cm³/mol. The number of carbonyl (C=O) groups is 1. The van der Waals surface area contributed by atoms with Gasteiger partial charge in [-0.1, -0.05) is 6.07 Å². The third-order valence-corrected chi connectivity index (χ3v) is 3.60. The Morgan fingerprint density at radius 1 is 1.18 bits per heavy atom. The monoisotopic (exact) mass is 301 g/mol. The van der Waals surface area contributed by atoms with Gasteiger partial charge in [0, 0.05) is 18.8 Å². The molecule has 1 aromatic carbocycles. The van der Waals surface area contributed by atoms with E-state index >= 15 is 0 Å². The van der Waals surface area contributed by atoms with Crippen molar-refractivity contribution >= 4 is 5.91 Å². The lowest BCUT2D eigenvalue weighted by atomic mass is 10.1. The highest BCUT2D eigenvalue weighted by Crippen LogP contribution is 2.17. The number of hydrogen-bond donors (Lipinski definition) is 1. The van der Waals surface area contributed by atoms with Gasteiger partial charge >= 0.3 is 0 Å². The van der Waals surface area contributed by atoms with Crippen molar-refractivity contribution in [1.29, 1.82) is 0 Å². The Balaban J connectivity index is 2.37. The number of aliphatic hydroxyl groups excluding tert-OH is 1. The average Bonchev–Trinajstić information content (AvgIpc) is 2.85. The van der Waals surface area contributed by atoms with Gasteiger partial charge in [-0.15, -0.1) is 0 Å². The van der Waals surface area contributed by atoms with Crippen LogP contribution < -0.4 is 0 Å². The molecule has 1 heterocycles. The molecule has 118 valence electrons. The van der Waals surface area contributed by atoms with E-state index in [1.807, 2.05) is 39.8 Å². The van der Waals surface area contributed by atoms with Crippen LogP contribution in [0.15, 0.2) is 24.3 Å². The fourth-order valence-electron chi connectivity index (χ4n) is 2.60. The molecule has 0 aliphatic carbocycles. The molecule has 0 fully saturated rings. The molecule has 0 atom stereocenters. The summed E-state index contributed by atoms with van der Waals surface area (Å²) in [5, 5.41) is 13.5. The average molecular weight is 301 g/mol. The number of aromatic nitrogens is 2. The van der Waals surface area contributed by atoms with Crippen LogP contribution in [0, 0.1) is 20.8 Å². The molecule has 0 bridgehead atoms. The first-order chi connectivity index (χ1) is 10.5.